The zero-order valence-electron chi connectivity index (χ0n) is 17.4. The second-order valence-electron chi connectivity index (χ2n) is 7.17. The molecular formula is C23H20Cl2FN5O2. The maximum Gasteiger partial charge on any atom is 0.247 e. The first kappa shape index (κ1) is 23.0. The number of rotatable bonds is 6. The SMILES string of the molecule is C=CC(=O)Nc1cc(-c2nc(Nc3ccc(Cl)c(N4CCOCC4)c3)ncc2Cl)ccc1F. The molecule has 0 saturated carbocycles. The number of carbonyl (C=O) groups excluding carboxylic acids is 1. The number of nitrogens with one attached hydrogen (secondary N) is 2. The van der Waals surface area contributed by atoms with Crippen molar-refractivity contribution in [1.29, 1.82) is 0 Å². The molecule has 0 aliphatic carbocycles. The fourth-order valence-corrected chi connectivity index (χ4v) is 3.79. The Hall–Kier alpha value is -3.20. The van der Waals surface area contributed by atoms with E-state index in [4.69, 9.17) is 27.9 Å². The van der Waals surface area contributed by atoms with Crippen molar-refractivity contribution in [2.75, 3.05) is 41.8 Å². The van der Waals surface area contributed by atoms with E-state index in [2.05, 4.69) is 32.1 Å². The second-order valence-corrected chi connectivity index (χ2v) is 7.98. The van der Waals surface area contributed by atoms with Gasteiger partial charge in [-0.25, -0.2) is 14.4 Å². The van der Waals surface area contributed by atoms with Gasteiger partial charge in [-0.15, -0.1) is 0 Å². The van der Waals surface area contributed by atoms with E-state index in [-0.39, 0.29) is 10.7 Å². The number of benzene rings is 2. The molecule has 0 unspecified atom stereocenters. The number of carbonyl (C=O) groups is 1. The number of morpholine rings is 1. The summed E-state index contributed by atoms with van der Waals surface area (Å²) in [6, 6.07) is 9.76. The molecule has 1 amide bonds. The summed E-state index contributed by atoms with van der Waals surface area (Å²) in [4.78, 5) is 22.5. The highest BCUT2D eigenvalue weighted by molar-refractivity contribution is 6.33. The maximum absolute atomic E-state index is 14.1. The van der Waals surface area contributed by atoms with Crippen LogP contribution in [0.3, 0.4) is 0 Å². The van der Waals surface area contributed by atoms with Gasteiger partial charge in [0, 0.05) is 24.3 Å². The summed E-state index contributed by atoms with van der Waals surface area (Å²) in [5.74, 6) is -0.819. The van der Waals surface area contributed by atoms with Crippen LogP contribution in [0.5, 0.6) is 0 Å². The van der Waals surface area contributed by atoms with Crippen molar-refractivity contribution < 1.29 is 13.9 Å². The fraction of sp³-hybridized carbons (Fsp3) is 0.174. The van der Waals surface area contributed by atoms with Gasteiger partial charge in [0.15, 0.2) is 0 Å². The summed E-state index contributed by atoms with van der Waals surface area (Å²) in [6.07, 6.45) is 2.51. The van der Waals surface area contributed by atoms with Gasteiger partial charge >= 0.3 is 0 Å². The predicted molar refractivity (Wildman–Crippen MR) is 129 cm³/mol. The van der Waals surface area contributed by atoms with Crippen LogP contribution < -0.4 is 15.5 Å². The molecule has 2 aromatic carbocycles. The molecule has 1 aromatic heterocycles. The lowest BCUT2D eigenvalue weighted by molar-refractivity contribution is -0.111. The zero-order chi connectivity index (χ0) is 23.4. The number of anilines is 4. The van der Waals surface area contributed by atoms with Gasteiger partial charge in [-0.3, -0.25) is 4.79 Å². The summed E-state index contributed by atoms with van der Waals surface area (Å²) in [5, 5.41) is 6.50. The minimum absolute atomic E-state index is 0.00515. The number of hydrogen-bond acceptors (Lipinski definition) is 6. The Balaban J connectivity index is 1.61. The highest BCUT2D eigenvalue weighted by Crippen LogP contribution is 2.32. The number of amides is 1. The molecule has 2 N–H and O–H groups in total. The number of halogens is 3. The third kappa shape index (κ3) is 5.42. The Morgan fingerprint density at radius 3 is 2.70 bits per heavy atom. The van der Waals surface area contributed by atoms with Crippen LogP contribution in [0.2, 0.25) is 10.0 Å². The number of hydrogen-bond donors (Lipinski definition) is 2. The molecule has 33 heavy (non-hydrogen) atoms. The number of nitrogens with zero attached hydrogens (tertiary/aromatic N) is 3. The van der Waals surface area contributed by atoms with Crippen LogP contribution >= 0.6 is 23.2 Å². The Morgan fingerprint density at radius 1 is 1.15 bits per heavy atom. The van der Waals surface area contributed by atoms with E-state index >= 15 is 0 Å². The van der Waals surface area contributed by atoms with Crippen LogP contribution in [0.4, 0.5) is 27.4 Å². The Labute approximate surface area is 200 Å². The molecule has 0 radical (unpaired) electrons. The zero-order valence-corrected chi connectivity index (χ0v) is 19.0. The van der Waals surface area contributed by atoms with Gasteiger partial charge in [-0.1, -0.05) is 29.8 Å². The standard InChI is InChI=1S/C23H20Cl2FN5O2/c1-2-21(32)29-19-11-14(3-6-18(19)26)22-17(25)13-27-23(30-22)28-15-4-5-16(24)20(12-15)31-7-9-33-10-8-31/h2-6,11-13H,1,7-10H2,(H,29,32)(H,27,28,30). The van der Waals surface area contributed by atoms with Gasteiger partial charge in [-0.2, -0.15) is 0 Å². The van der Waals surface area contributed by atoms with Crippen LogP contribution in [-0.4, -0.2) is 42.2 Å². The van der Waals surface area contributed by atoms with E-state index < -0.39 is 11.7 Å². The molecule has 1 aliphatic heterocycles. The third-order valence-corrected chi connectivity index (χ3v) is 5.58. The first-order chi connectivity index (χ1) is 15.9. The van der Waals surface area contributed by atoms with Gasteiger partial charge in [0.1, 0.15) is 5.82 Å². The minimum atomic E-state index is -0.589. The van der Waals surface area contributed by atoms with E-state index in [9.17, 15) is 9.18 Å². The second kappa shape index (κ2) is 10.2. The minimum Gasteiger partial charge on any atom is -0.378 e. The normalized spacial score (nSPS) is 13.5. The Kier molecular flexibility index (Phi) is 7.08. The lowest BCUT2D eigenvalue weighted by atomic mass is 10.1. The summed E-state index contributed by atoms with van der Waals surface area (Å²) in [6.45, 7) is 6.16. The average molecular weight is 488 g/mol. The lowest BCUT2D eigenvalue weighted by Gasteiger charge is -2.29. The van der Waals surface area contributed by atoms with Crippen molar-refractivity contribution in [1.82, 2.24) is 9.97 Å². The van der Waals surface area contributed by atoms with Crippen LogP contribution in [-0.2, 0) is 9.53 Å². The number of aromatic nitrogens is 2. The maximum atomic E-state index is 14.1. The summed E-state index contributed by atoms with van der Waals surface area (Å²) >= 11 is 12.7. The molecule has 0 spiro atoms. The summed E-state index contributed by atoms with van der Waals surface area (Å²) in [7, 11) is 0. The molecule has 0 atom stereocenters. The smallest absolute Gasteiger partial charge is 0.247 e. The number of ether oxygens (including phenoxy) is 1. The van der Waals surface area contributed by atoms with E-state index in [1.807, 2.05) is 12.1 Å². The first-order valence-corrected chi connectivity index (χ1v) is 10.9. The Bertz CT molecular complexity index is 1200. The highest BCUT2D eigenvalue weighted by atomic mass is 35.5. The first-order valence-electron chi connectivity index (χ1n) is 10.1. The van der Waals surface area contributed by atoms with Gasteiger partial charge in [0.25, 0.3) is 0 Å². The van der Waals surface area contributed by atoms with Gasteiger partial charge < -0.3 is 20.3 Å². The topological polar surface area (TPSA) is 79.4 Å². The molecule has 1 fully saturated rings. The van der Waals surface area contributed by atoms with E-state index in [0.717, 1.165) is 30.5 Å². The van der Waals surface area contributed by atoms with Crippen molar-refractivity contribution in [3.8, 4) is 11.3 Å². The van der Waals surface area contributed by atoms with Crippen molar-refractivity contribution in [2.24, 2.45) is 0 Å². The quantitative estimate of drug-likeness (QED) is 0.459. The van der Waals surface area contributed by atoms with Crippen molar-refractivity contribution in [3.63, 3.8) is 0 Å². The van der Waals surface area contributed by atoms with Crippen LogP contribution in [0, 0.1) is 5.82 Å². The lowest BCUT2D eigenvalue weighted by Crippen LogP contribution is -2.36. The molecule has 0 bridgehead atoms. The van der Waals surface area contributed by atoms with E-state index in [1.165, 1.54) is 24.4 Å². The van der Waals surface area contributed by atoms with Crippen LogP contribution in [0.1, 0.15) is 0 Å². The largest absolute Gasteiger partial charge is 0.378 e. The van der Waals surface area contributed by atoms with Crippen LogP contribution in [0.15, 0.2) is 55.3 Å². The van der Waals surface area contributed by atoms with Crippen molar-refractivity contribution in [2.45, 2.75) is 0 Å². The van der Waals surface area contributed by atoms with Crippen molar-refractivity contribution in [3.05, 3.63) is 71.1 Å². The molecule has 1 saturated heterocycles. The average Bonchev–Trinajstić information content (AvgIpc) is 2.83. The summed E-state index contributed by atoms with van der Waals surface area (Å²) < 4.78 is 19.5. The van der Waals surface area contributed by atoms with Crippen molar-refractivity contribution >= 4 is 52.1 Å². The van der Waals surface area contributed by atoms with Gasteiger partial charge in [0.2, 0.25) is 11.9 Å². The summed E-state index contributed by atoms with van der Waals surface area (Å²) in [5.41, 5.74) is 2.52. The molecule has 3 aromatic rings. The van der Waals surface area contributed by atoms with Gasteiger partial charge in [-0.05, 0) is 42.5 Å². The molecule has 7 nitrogen and oxygen atoms in total. The van der Waals surface area contributed by atoms with E-state index in [1.54, 1.807) is 6.07 Å². The highest BCUT2D eigenvalue weighted by Gasteiger charge is 2.16. The molecular weight excluding hydrogens is 468 g/mol. The van der Waals surface area contributed by atoms with Crippen LogP contribution in [0.25, 0.3) is 11.3 Å². The monoisotopic (exact) mass is 487 g/mol. The fourth-order valence-electron chi connectivity index (χ4n) is 3.35. The van der Waals surface area contributed by atoms with E-state index in [0.29, 0.717) is 35.4 Å². The molecule has 170 valence electrons. The Morgan fingerprint density at radius 2 is 1.94 bits per heavy atom. The van der Waals surface area contributed by atoms with Gasteiger partial charge in [0.05, 0.1) is 46.5 Å². The molecule has 2 heterocycles. The predicted octanol–water partition coefficient (Wildman–Crippen LogP) is 5.29. The molecule has 4 rings (SSSR count). The third-order valence-electron chi connectivity index (χ3n) is 4.98. The molecule has 1 aliphatic rings. The molecule has 10 heteroatoms.